The van der Waals surface area contributed by atoms with Gasteiger partial charge in [-0.05, 0) is 31.4 Å². The minimum absolute atomic E-state index is 0.213. The molecule has 0 spiro atoms. The van der Waals surface area contributed by atoms with Gasteiger partial charge in [-0.15, -0.1) is 0 Å². The van der Waals surface area contributed by atoms with Crippen molar-refractivity contribution in [3.05, 3.63) is 0 Å². The minimum atomic E-state index is -0.315. The normalized spacial score (nSPS) is 13.1. The summed E-state index contributed by atoms with van der Waals surface area (Å²) < 4.78 is 4.79. The molecule has 118 valence electrons. The van der Waals surface area contributed by atoms with Gasteiger partial charge in [0.05, 0.1) is 7.11 Å². The smallest absolute Gasteiger partial charge is 0.330 e. The molecule has 0 amide bonds. The molecular weight excluding hydrogens is 250 g/mol. The average molecular weight is 283 g/mol. The third-order valence-electron chi connectivity index (χ3n) is 3.39. The minimum Gasteiger partial charge on any atom is -0.467 e. The maximum absolute atomic E-state index is 11.6. The Morgan fingerprint density at radius 3 is 2.25 bits per heavy atom. The van der Waals surface area contributed by atoms with Gasteiger partial charge in [-0.3, -0.25) is 4.99 Å². The Bertz CT molecular complexity index is 262. The third kappa shape index (κ3) is 11.0. The number of carbonyl (C=O) groups is 1. The summed E-state index contributed by atoms with van der Waals surface area (Å²) >= 11 is 0. The molecule has 0 rings (SSSR count). The number of rotatable bonds is 12. The molecule has 0 radical (unpaired) electrons. The van der Waals surface area contributed by atoms with Gasteiger partial charge in [0, 0.05) is 0 Å². The molecule has 20 heavy (non-hydrogen) atoms. The highest BCUT2D eigenvalue weighted by molar-refractivity contribution is 5.77. The molecule has 3 nitrogen and oxygen atoms in total. The van der Waals surface area contributed by atoms with Crippen molar-refractivity contribution >= 4 is 12.2 Å². The van der Waals surface area contributed by atoms with Gasteiger partial charge in [-0.2, -0.15) is 0 Å². The average Bonchev–Trinajstić information content (AvgIpc) is 2.43. The third-order valence-corrected chi connectivity index (χ3v) is 3.39. The molecule has 1 atom stereocenters. The van der Waals surface area contributed by atoms with Gasteiger partial charge < -0.3 is 4.74 Å². The Morgan fingerprint density at radius 2 is 1.70 bits per heavy atom. The maximum atomic E-state index is 11.6. The molecule has 0 unspecified atom stereocenters. The Labute approximate surface area is 125 Å². The zero-order valence-corrected chi connectivity index (χ0v) is 13.9. The van der Waals surface area contributed by atoms with Crippen LogP contribution in [-0.2, 0) is 9.53 Å². The van der Waals surface area contributed by atoms with Gasteiger partial charge in [0.2, 0.25) is 0 Å². The molecule has 0 aliphatic carbocycles. The van der Waals surface area contributed by atoms with Crippen LogP contribution in [0.5, 0.6) is 0 Å². The van der Waals surface area contributed by atoms with E-state index in [1.807, 2.05) is 6.21 Å². The van der Waals surface area contributed by atoms with Gasteiger partial charge in [0.1, 0.15) is 6.04 Å². The van der Waals surface area contributed by atoms with Crippen molar-refractivity contribution in [1.82, 2.24) is 0 Å². The molecule has 0 aromatic heterocycles. The number of hydrogen-bond acceptors (Lipinski definition) is 3. The molecule has 0 heterocycles. The van der Waals surface area contributed by atoms with Crippen molar-refractivity contribution in [1.29, 1.82) is 0 Å². The van der Waals surface area contributed by atoms with Crippen molar-refractivity contribution < 1.29 is 9.53 Å². The lowest BCUT2D eigenvalue weighted by Crippen LogP contribution is -2.22. The quantitative estimate of drug-likeness (QED) is 0.293. The van der Waals surface area contributed by atoms with Gasteiger partial charge in [0.25, 0.3) is 0 Å². The number of unbranched alkanes of at least 4 members (excludes halogenated alkanes) is 7. The number of carbonyl (C=O) groups excluding carboxylic acids is 1. The molecule has 0 N–H and O–H groups in total. The van der Waals surface area contributed by atoms with Crippen LogP contribution in [0.2, 0.25) is 0 Å². The van der Waals surface area contributed by atoms with Crippen LogP contribution in [0.15, 0.2) is 4.99 Å². The van der Waals surface area contributed by atoms with Gasteiger partial charge in [-0.25, -0.2) is 4.79 Å². The zero-order valence-electron chi connectivity index (χ0n) is 13.9. The maximum Gasteiger partial charge on any atom is 0.330 e. The number of esters is 1. The Hall–Kier alpha value is -0.860. The zero-order chi connectivity index (χ0) is 15.2. The molecule has 0 aromatic carbocycles. The molecule has 0 aromatic rings. The van der Waals surface area contributed by atoms with Crippen molar-refractivity contribution in [2.24, 2.45) is 10.9 Å². The van der Waals surface area contributed by atoms with Crippen molar-refractivity contribution in [3.63, 3.8) is 0 Å². The van der Waals surface area contributed by atoms with Crippen LogP contribution in [0.4, 0.5) is 0 Å². The van der Waals surface area contributed by atoms with E-state index < -0.39 is 0 Å². The van der Waals surface area contributed by atoms with Crippen LogP contribution < -0.4 is 0 Å². The van der Waals surface area contributed by atoms with Crippen LogP contribution >= 0.6 is 0 Å². The summed E-state index contributed by atoms with van der Waals surface area (Å²) in [5.41, 5.74) is 0. The van der Waals surface area contributed by atoms with Crippen LogP contribution in [0.25, 0.3) is 0 Å². The molecule has 0 bridgehead atoms. The lowest BCUT2D eigenvalue weighted by Gasteiger charge is -2.12. The number of ether oxygens (including phenoxy) is 1. The molecule has 0 aliphatic rings. The molecule has 0 fully saturated rings. The number of aliphatic imine (C=N–C) groups is 1. The molecule has 0 saturated heterocycles. The summed E-state index contributed by atoms with van der Waals surface area (Å²) in [7, 11) is 1.43. The lowest BCUT2D eigenvalue weighted by atomic mass is 10.0. The fraction of sp³-hybridized carbons (Fsp3) is 0.882. The first-order valence-corrected chi connectivity index (χ1v) is 8.21. The second-order valence-corrected chi connectivity index (χ2v) is 5.91. The Balaban J connectivity index is 3.75. The summed E-state index contributed by atoms with van der Waals surface area (Å²) in [5, 5.41) is 0. The number of methoxy groups -OCH3 is 1. The van der Waals surface area contributed by atoms with Gasteiger partial charge >= 0.3 is 5.97 Å². The van der Waals surface area contributed by atoms with Crippen LogP contribution in [0, 0.1) is 5.92 Å². The van der Waals surface area contributed by atoms with Gasteiger partial charge in [-0.1, -0.05) is 59.3 Å². The first kappa shape index (κ1) is 19.1. The van der Waals surface area contributed by atoms with E-state index in [1.165, 1.54) is 52.1 Å². The highest BCUT2D eigenvalue weighted by Crippen LogP contribution is 2.11. The molecule has 3 heteroatoms. The molecule has 0 saturated carbocycles. The monoisotopic (exact) mass is 283 g/mol. The van der Waals surface area contributed by atoms with Crippen molar-refractivity contribution in [3.8, 4) is 0 Å². The second-order valence-electron chi connectivity index (χ2n) is 5.91. The number of nitrogens with zero attached hydrogens (tertiary/aromatic N) is 1. The number of hydrogen-bond donors (Lipinski definition) is 0. The van der Waals surface area contributed by atoms with E-state index in [1.54, 1.807) is 0 Å². The van der Waals surface area contributed by atoms with E-state index in [0.717, 1.165) is 12.8 Å². The standard InChI is InChI=1S/C17H33NO2/c1-5-6-7-8-9-10-11-12-13-18-16(14-15(2)3)17(19)20-4/h13,15-16H,5-12,14H2,1-4H3/t16-/m0/s1. The molecule has 0 aliphatic heterocycles. The van der Waals surface area contributed by atoms with E-state index in [4.69, 9.17) is 4.74 Å². The predicted molar refractivity (Wildman–Crippen MR) is 86.4 cm³/mol. The largest absolute Gasteiger partial charge is 0.467 e. The first-order valence-electron chi connectivity index (χ1n) is 8.21. The summed E-state index contributed by atoms with van der Waals surface area (Å²) in [6.45, 7) is 6.44. The van der Waals surface area contributed by atoms with E-state index in [0.29, 0.717) is 5.92 Å². The first-order chi connectivity index (χ1) is 9.61. The summed E-state index contributed by atoms with van der Waals surface area (Å²) in [6, 6.07) is -0.315. The summed E-state index contributed by atoms with van der Waals surface area (Å²) in [5.74, 6) is 0.240. The van der Waals surface area contributed by atoms with E-state index in [-0.39, 0.29) is 12.0 Å². The molecular formula is C17H33NO2. The van der Waals surface area contributed by atoms with Crippen LogP contribution in [-0.4, -0.2) is 25.3 Å². The Kier molecular flexibility index (Phi) is 12.6. The summed E-state index contributed by atoms with van der Waals surface area (Å²) in [4.78, 5) is 16.0. The fourth-order valence-corrected chi connectivity index (χ4v) is 2.20. The van der Waals surface area contributed by atoms with Crippen LogP contribution in [0.3, 0.4) is 0 Å². The SMILES string of the molecule is CCCCCCCCCC=N[C@@H](CC(C)C)C(=O)OC. The topological polar surface area (TPSA) is 38.7 Å². The fourth-order valence-electron chi connectivity index (χ4n) is 2.20. The van der Waals surface area contributed by atoms with Crippen molar-refractivity contribution in [2.75, 3.05) is 7.11 Å². The predicted octanol–water partition coefficient (Wildman–Crippen LogP) is 4.79. The summed E-state index contributed by atoms with van der Waals surface area (Å²) in [6.07, 6.45) is 12.8. The van der Waals surface area contributed by atoms with E-state index in [2.05, 4.69) is 25.8 Å². The lowest BCUT2D eigenvalue weighted by molar-refractivity contribution is -0.142. The highest BCUT2D eigenvalue weighted by Gasteiger charge is 2.18. The second kappa shape index (κ2) is 13.1. The van der Waals surface area contributed by atoms with Crippen LogP contribution in [0.1, 0.15) is 78.6 Å². The van der Waals surface area contributed by atoms with Gasteiger partial charge in [0.15, 0.2) is 0 Å². The highest BCUT2D eigenvalue weighted by atomic mass is 16.5. The Morgan fingerprint density at radius 1 is 1.10 bits per heavy atom. The van der Waals surface area contributed by atoms with E-state index in [9.17, 15) is 4.79 Å². The van der Waals surface area contributed by atoms with E-state index >= 15 is 0 Å². The van der Waals surface area contributed by atoms with Crippen molar-refractivity contribution in [2.45, 2.75) is 84.6 Å².